The van der Waals surface area contributed by atoms with Crippen molar-refractivity contribution in [2.24, 2.45) is 5.92 Å². The first kappa shape index (κ1) is 18.3. The van der Waals surface area contributed by atoms with Crippen LogP contribution in [0.3, 0.4) is 0 Å². The fourth-order valence-electron chi connectivity index (χ4n) is 2.89. The van der Waals surface area contributed by atoms with Gasteiger partial charge >= 0.3 is 0 Å². The molecule has 1 aromatic carbocycles. The van der Waals surface area contributed by atoms with E-state index >= 15 is 0 Å². The van der Waals surface area contributed by atoms with Crippen LogP contribution in [0.1, 0.15) is 12.2 Å². The van der Waals surface area contributed by atoms with Crippen LogP contribution in [0.2, 0.25) is 5.28 Å². The van der Waals surface area contributed by atoms with Gasteiger partial charge < -0.3 is 19.2 Å². The quantitative estimate of drug-likeness (QED) is 0.548. The second-order valence-corrected chi connectivity index (χ2v) is 7.75. The van der Waals surface area contributed by atoms with Gasteiger partial charge in [0.05, 0.1) is 32.0 Å². The van der Waals surface area contributed by atoms with Crippen LogP contribution < -0.4 is 14.8 Å². The third-order valence-corrected chi connectivity index (χ3v) is 6.04. The maximum absolute atomic E-state index is 6.10. The molecule has 0 aliphatic carbocycles. The summed E-state index contributed by atoms with van der Waals surface area (Å²) in [7, 11) is 1.62. The lowest BCUT2D eigenvalue weighted by Gasteiger charge is -2.24. The summed E-state index contributed by atoms with van der Waals surface area (Å²) in [5.41, 5.74) is 0.691. The van der Waals surface area contributed by atoms with E-state index in [-0.39, 0.29) is 5.28 Å². The van der Waals surface area contributed by atoms with Crippen molar-refractivity contribution in [1.29, 1.82) is 0 Å². The molecule has 0 amide bonds. The molecule has 0 atom stereocenters. The van der Waals surface area contributed by atoms with Crippen molar-refractivity contribution < 1.29 is 13.9 Å². The number of hydrogen-bond donors (Lipinski definition) is 1. The van der Waals surface area contributed by atoms with E-state index in [4.69, 9.17) is 25.5 Å². The summed E-state index contributed by atoms with van der Waals surface area (Å²) in [6.45, 7) is 1.16. The van der Waals surface area contributed by atoms with Crippen LogP contribution in [0.5, 0.6) is 11.5 Å². The second-order valence-electron chi connectivity index (χ2n) is 6.33. The van der Waals surface area contributed by atoms with E-state index in [1.54, 1.807) is 13.4 Å². The van der Waals surface area contributed by atoms with Crippen molar-refractivity contribution in [1.82, 2.24) is 9.97 Å². The summed E-state index contributed by atoms with van der Waals surface area (Å²) in [5, 5.41) is 4.25. The number of nitrogens with one attached hydrogen (secondary N) is 1. The highest BCUT2D eigenvalue weighted by molar-refractivity contribution is 8.00. The van der Waals surface area contributed by atoms with Gasteiger partial charge in [0.15, 0.2) is 11.5 Å². The lowest BCUT2D eigenvalue weighted by Crippen LogP contribution is -2.20. The zero-order valence-corrected chi connectivity index (χ0v) is 16.5. The second kappa shape index (κ2) is 8.27. The van der Waals surface area contributed by atoms with Crippen LogP contribution in [-0.2, 0) is 6.54 Å². The number of benzene rings is 1. The SMILES string of the molecule is COc1cc2nc(Cl)nc(NCc3ccco3)c2cc1OCCC1CSC1. The normalized spacial score (nSPS) is 14.1. The van der Waals surface area contributed by atoms with Gasteiger partial charge in [-0.15, -0.1) is 0 Å². The van der Waals surface area contributed by atoms with Gasteiger partial charge in [0.25, 0.3) is 0 Å². The Labute approximate surface area is 166 Å². The average molecular weight is 406 g/mol. The summed E-state index contributed by atoms with van der Waals surface area (Å²) in [6.07, 6.45) is 2.69. The molecule has 27 heavy (non-hydrogen) atoms. The Hall–Kier alpha value is -2.12. The largest absolute Gasteiger partial charge is 0.493 e. The van der Waals surface area contributed by atoms with Crippen LogP contribution in [0.4, 0.5) is 5.82 Å². The average Bonchev–Trinajstić information content (AvgIpc) is 3.14. The molecule has 4 rings (SSSR count). The molecule has 2 aromatic heterocycles. The molecule has 1 aliphatic rings. The molecule has 8 heteroatoms. The van der Waals surface area contributed by atoms with Gasteiger partial charge in [0.2, 0.25) is 5.28 Å². The molecule has 3 heterocycles. The number of nitrogens with zero attached hydrogens (tertiary/aromatic N) is 2. The predicted molar refractivity (Wildman–Crippen MR) is 108 cm³/mol. The Bertz CT molecular complexity index is 916. The predicted octanol–water partition coefficient (Wildman–Crippen LogP) is 4.63. The molecule has 6 nitrogen and oxygen atoms in total. The zero-order valence-electron chi connectivity index (χ0n) is 14.9. The molecule has 3 aromatic rings. The smallest absolute Gasteiger partial charge is 0.224 e. The summed E-state index contributed by atoms with van der Waals surface area (Å²) in [4.78, 5) is 8.65. The minimum Gasteiger partial charge on any atom is -0.493 e. The molecule has 1 saturated heterocycles. The number of halogens is 1. The topological polar surface area (TPSA) is 69.4 Å². The van der Waals surface area contributed by atoms with Gasteiger partial charge in [-0.25, -0.2) is 9.97 Å². The first-order chi connectivity index (χ1) is 13.2. The molecule has 0 radical (unpaired) electrons. The Kier molecular flexibility index (Phi) is 5.59. The fraction of sp³-hybridized carbons (Fsp3) is 0.368. The highest BCUT2D eigenvalue weighted by Gasteiger charge is 2.19. The Morgan fingerprint density at radius 3 is 2.89 bits per heavy atom. The highest BCUT2D eigenvalue weighted by atomic mass is 35.5. The van der Waals surface area contributed by atoms with Crippen LogP contribution in [0.25, 0.3) is 10.9 Å². The van der Waals surface area contributed by atoms with Crippen molar-refractivity contribution in [2.75, 3.05) is 30.5 Å². The minimum absolute atomic E-state index is 0.169. The van der Waals surface area contributed by atoms with Crippen molar-refractivity contribution in [2.45, 2.75) is 13.0 Å². The zero-order chi connectivity index (χ0) is 18.6. The number of furan rings is 1. The molecular formula is C19H20ClN3O3S. The van der Waals surface area contributed by atoms with E-state index in [0.29, 0.717) is 36.0 Å². The highest BCUT2D eigenvalue weighted by Crippen LogP contribution is 2.35. The Morgan fingerprint density at radius 2 is 2.19 bits per heavy atom. The van der Waals surface area contributed by atoms with E-state index in [0.717, 1.165) is 23.5 Å². The van der Waals surface area contributed by atoms with Gasteiger partial charge in [-0.3, -0.25) is 0 Å². The third kappa shape index (κ3) is 4.25. The van der Waals surface area contributed by atoms with E-state index in [1.807, 2.05) is 36.0 Å². The lowest BCUT2D eigenvalue weighted by molar-refractivity contribution is 0.273. The molecular weight excluding hydrogens is 386 g/mol. The van der Waals surface area contributed by atoms with E-state index in [2.05, 4.69) is 15.3 Å². The van der Waals surface area contributed by atoms with E-state index in [9.17, 15) is 0 Å². The summed E-state index contributed by atoms with van der Waals surface area (Å²) in [6, 6.07) is 7.48. The maximum Gasteiger partial charge on any atom is 0.224 e. The minimum atomic E-state index is 0.169. The van der Waals surface area contributed by atoms with Gasteiger partial charge in [0.1, 0.15) is 11.6 Å². The molecule has 0 saturated carbocycles. The van der Waals surface area contributed by atoms with Crippen molar-refractivity contribution in [3.8, 4) is 11.5 Å². The van der Waals surface area contributed by atoms with Gasteiger partial charge in [-0.1, -0.05) is 0 Å². The first-order valence-electron chi connectivity index (χ1n) is 8.75. The number of aromatic nitrogens is 2. The van der Waals surface area contributed by atoms with Gasteiger partial charge in [0, 0.05) is 11.5 Å². The number of thioether (sulfide) groups is 1. The van der Waals surface area contributed by atoms with Gasteiger partial charge in [-0.2, -0.15) is 11.8 Å². The first-order valence-corrected chi connectivity index (χ1v) is 10.3. The Morgan fingerprint density at radius 1 is 1.30 bits per heavy atom. The lowest BCUT2D eigenvalue weighted by atomic mass is 10.1. The standard InChI is InChI=1S/C19H20ClN3O3S/c1-24-16-8-15-14(7-17(16)26-6-4-12-10-27-11-12)18(23-19(20)22-15)21-9-13-3-2-5-25-13/h2-3,5,7-8,12H,4,6,9-11H2,1H3,(H,21,22,23). The molecule has 0 spiro atoms. The maximum atomic E-state index is 6.10. The van der Waals surface area contributed by atoms with Crippen LogP contribution in [0, 0.1) is 5.92 Å². The molecule has 0 unspecified atom stereocenters. The van der Waals surface area contributed by atoms with E-state index < -0.39 is 0 Å². The van der Waals surface area contributed by atoms with E-state index in [1.165, 1.54) is 11.5 Å². The van der Waals surface area contributed by atoms with Gasteiger partial charge in [-0.05, 0) is 53.6 Å². The molecule has 1 fully saturated rings. The van der Waals surface area contributed by atoms with Crippen molar-refractivity contribution in [3.63, 3.8) is 0 Å². The molecule has 142 valence electrons. The summed E-state index contributed by atoms with van der Waals surface area (Å²) in [5.74, 6) is 5.97. The van der Waals surface area contributed by atoms with Crippen LogP contribution in [0.15, 0.2) is 34.9 Å². The number of hydrogen-bond acceptors (Lipinski definition) is 7. The number of methoxy groups -OCH3 is 1. The number of ether oxygens (including phenoxy) is 2. The van der Waals surface area contributed by atoms with Crippen molar-refractivity contribution >= 4 is 40.1 Å². The Balaban J connectivity index is 1.59. The van der Waals surface area contributed by atoms with Crippen LogP contribution >= 0.6 is 23.4 Å². The molecule has 1 aliphatic heterocycles. The third-order valence-electron chi connectivity index (χ3n) is 4.45. The summed E-state index contributed by atoms with van der Waals surface area (Å²) < 4.78 is 16.9. The number of rotatable bonds is 8. The summed E-state index contributed by atoms with van der Waals surface area (Å²) >= 11 is 8.08. The number of anilines is 1. The number of fused-ring (bicyclic) bond motifs is 1. The monoisotopic (exact) mass is 405 g/mol. The molecule has 0 bridgehead atoms. The van der Waals surface area contributed by atoms with Crippen molar-refractivity contribution in [3.05, 3.63) is 41.6 Å². The fourth-order valence-corrected chi connectivity index (χ4v) is 3.96. The molecule has 1 N–H and O–H groups in total. The van der Waals surface area contributed by atoms with Crippen LogP contribution in [-0.4, -0.2) is 35.2 Å².